The van der Waals surface area contributed by atoms with E-state index in [9.17, 15) is 13.2 Å². The SMILES string of the molecule is CC1CSCCN1S(=O)(=O)c1ccc(C(=O)O)o1. The highest BCUT2D eigenvalue weighted by molar-refractivity contribution is 7.99. The van der Waals surface area contributed by atoms with Crippen LogP contribution in [-0.4, -0.2) is 47.9 Å². The molecule has 1 fully saturated rings. The van der Waals surface area contributed by atoms with Gasteiger partial charge in [0.25, 0.3) is 10.0 Å². The van der Waals surface area contributed by atoms with Crippen LogP contribution < -0.4 is 0 Å². The Kier molecular flexibility index (Phi) is 3.69. The Bertz CT molecular complexity index is 550. The third kappa shape index (κ3) is 2.40. The van der Waals surface area contributed by atoms with E-state index in [0.29, 0.717) is 6.54 Å². The van der Waals surface area contributed by atoms with Gasteiger partial charge in [-0.15, -0.1) is 0 Å². The molecule has 18 heavy (non-hydrogen) atoms. The van der Waals surface area contributed by atoms with E-state index < -0.39 is 16.0 Å². The molecule has 8 heteroatoms. The summed E-state index contributed by atoms with van der Waals surface area (Å²) in [5.41, 5.74) is 0. The molecule has 1 aromatic heterocycles. The molecule has 1 unspecified atom stereocenters. The minimum atomic E-state index is -3.73. The zero-order valence-electron chi connectivity index (χ0n) is 9.70. The first kappa shape index (κ1) is 13.4. The number of thioether (sulfide) groups is 1. The van der Waals surface area contributed by atoms with E-state index in [1.165, 1.54) is 10.4 Å². The third-order valence-corrected chi connectivity index (χ3v) is 5.74. The number of rotatable bonds is 3. The van der Waals surface area contributed by atoms with E-state index in [4.69, 9.17) is 9.52 Å². The van der Waals surface area contributed by atoms with Crippen molar-refractivity contribution in [1.29, 1.82) is 0 Å². The van der Waals surface area contributed by atoms with Gasteiger partial charge in [0, 0.05) is 24.1 Å². The summed E-state index contributed by atoms with van der Waals surface area (Å²) in [5, 5.41) is 8.41. The number of carbonyl (C=O) groups is 1. The quantitative estimate of drug-likeness (QED) is 0.897. The van der Waals surface area contributed by atoms with Crippen molar-refractivity contribution < 1.29 is 22.7 Å². The van der Waals surface area contributed by atoms with Crippen molar-refractivity contribution in [3.8, 4) is 0 Å². The lowest BCUT2D eigenvalue weighted by Crippen LogP contribution is -2.44. The Morgan fingerprint density at radius 3 is 2.83 bits per heavy atom. The molecule has 0 aliphatic carbocycles. The van der Waals surface area contributed by atoms with Gasteiger partial charge in [-0.1, -0.05) is 0 Å². The van der Waals surface area contributed by atoms with Gasteiger partial charge in [-0.2, -0.15) is 16.1 Å². The molecule has 0 radical (unpaired) electrons. The molecule has 0 saturated carbocycles. The van der Waals surface area contributed by atoms with Crippen LogP contribution in [0.2, 0.25) is 0 Å². The predicted molar refractivity (Wildman–Crippen MR) is 66.3 cm³/mol. The van der Waals surface area contributed by atoms with Crippen LogP contribution in [0.15, 0.2) is 21.6 Å². The summed E-state index contributed by atoms with van der Waals surface area (Å²) >= 11 is 1.70. The molecule has 1 atom stereocenters. The number of furan rings is 1. The van der Waals surface area contributed by atoms with Gasteiger partial charge in [0.15, 0.2) is 0 Å². The van der Waals surface area contributed by atoms with E-state index in [1.54, 1.807) is 11.8 Å². The van der Waals surface area contributed by atoms with Crippen molar-refractivity contribution in [3.05, 3.63) is 17.9 Å². The molecule has 0 bridgehead atoms. The average Bonchev–Trinajstić information content (AvgIpc) is 2.79. The first-order valence-corrected chi connectivity index (χ1v) is 7.95. The topological polar surface area (TPSA) is 87.8 Å². The number of nitrogens with zero attached hydrogens (tertiary/aromatic N) is 1. The molecule has 2 rings (SSSR count). The maximum Gasteiger partial charge on any atom is 0.371 e. The molecular weight excluding hydrogens is 278 g/mol. The van der Waals surface area contributed by atoms with Crippen molar-refractivity contribution >= 4 is 27.8 Å². The lowest BCUT2D eigenvalue weighted by Gasteiger charge is -2.30. The monoisotopic (exact) mass is 291 g/mol. The highest BCUT2D eigenvalue weighted by Crippen LogP contribution is 2.25. The number of carboxylic acids is 1. The normalized spacial score (nSPS) is 21.9. The summed E-state index contributed by atoms with van der Waals surface area (Å²) in [4.78, 5) is 10.7. The summed E-state index contributed by atoms with van der Waals surface area (Å²) < 4.78 is 30.8. The van der Waals surface area contributed by atoms with Crippen molar-refractivity contribution in [2.24, 2.45) is 0 Å². The fourth-order valence-corrected chi connectivity index (χ4v) is 4.53. The Morgan fingerprint density at radius 2 is 2.28 bits per heavy atom. The standard InChI is InChI=1S/C10H13NO5S2/c1-7-6-17-5-4-11(7)18(14,15)9-3-2-8(16-9)10(12)13/h2-3,7H,4-6H2,1H3,(H,12,13). The van der Waals surface area contributed by atoms with Crippen molar-refractivity contribution in [2.45, 2.75) is 18.1 Å². The third-order valence-electron chi connectivity index (χ3n) is 2.66. The van der Waals surface area contributed by atoms with Crippen LogP contribution in [0.3, 0.4) is 0 Å². The highest BCUT2D eigenvalue weighted by atomic mass is 32.2. The minimum Gasteiger partial charge on any atom is -0.475 e. The fraction of sp³-hybridized carbons (Fsp3) is 0.500. The molecule has 1 aliphatic rings. The zero-order valence-corrected chi connectivity index (χ0v) is 11.3. The number of aromatic carboxylic acids is 1. The second-order valence-electron chi connectivity index (χ2n) is 3.96. The van der Waals surface area contributed by atoms with E-state index in [1.807, 2.05) is 6.92 Å². The van der Waals surface area contributed by atoms with Crippen LogP contribution >= 0.6 is 11.8 Å². The lowest BCUT2D eigenvalue weighted by atomic mass is 10.4. The summed E-state index contributed by atoms with van der Waals surface area (Å²) in [6.45, 7) is 2.24. The minimum absolute atomic E-state index is 0.118. The van der Waals surface area contributed by atoms with Crippen LogP contribution in [0.5, 0.6) is 0 Å². The van der Waals surface area contributed by atoms with Gasteiger partial charge in [-0.25, -0.2) is 13.2 Å². The maximum atomic E-state index is 12.3. The average molecular weight is 291 g/mol. The van der Waals surface area contributed by atoms with Crippen molar-refractivity contribution in [1.82, 2.24) is 4.31 Å². The molecular formula is C10H13NO5S2. The molecule has 1 aromatic rings. The van der Waals surface area contributed by atoms with Crippen molar-refractivity contribution in [2.75, 3.05) is 18.1 Å². The van der Waals surface area contributed by atoms with Gasteiger partial charge in [-0.3, -0.25) is 0 Å². The van der Waals surface area contributed by atoms with E-state index in [-0.39, 0.29) is 16.9 Å². The van der Waals surface area contributed by atoms with Gasteiger partial charge in [0.1, 0.15) is 0 Å². The van der Waals surface area contributed by atoms with Crippen LogP contribution in [-0.2, 0) is 10.0 Å². The smallest absolute Gasteiger partial charge is 0.371 e. The molecule has 0 aromatic carbocycles. The first-order valence-electron chi connectivity index (χ1n) is 5.35. The van der Waals surface area contributed by atoms with Crippen LogP contribution in [0, 0.1) is 0 Å². The Labute approximate surface area is 109 Å². The number of sulfonamides is 1. The van der Waals surface area contributed by atoms with Gasteiger partial charge in [0.05, 0.1) is 0 Å². The molecule has 6 nitrogen and oxygen atoms in total. The first-order chi connectivity index (χ1) is 8.43. The maximum absolute atomic E-state index is 12.3. The summed E-state index contributed by atoms with van der Waals surface area (Å²) in [5.74, 6) is -0.187. The summed E-state index contributed by atoms with van der Waals surface area (Å²) in [6, 6.07) is 2.22. The highest BCUT2D eigenvalue weighted by Gasteiger charge is 2.33. The fourth-order valence-electron chi connectivity index (χ4n) is 1.76. The van der Waals surface area contributed by atoms with Crippen molar-refractivity contribution in [3.63, 3.8) is 0 Å². The van der Waals surface area contributed by atoms with E-state index in [2.05, 4.69) is 0 Å². The molecule has 1 aliphatic heterocycles. The van der Waals surface area contributed by atoms with E-state index in [0.717, 1.165) is 17.6 Å². The zero-order chi connectivity index (χ0) is 13.3. The number of carboxylic acid groups (broad SMARTS) is 1. The van der Waals surface area contributed by atoms with Gasteiger partial charge in [0.2, 0.25) is 10.9 Å². The van der Waals surface area contributed by atoms with E-state index >= 15 is 0 Å². The number of hydrogen-bond donors (Lipinski definition) is 1. The number of hydrogen-bond acceptors (Lipinski definition) is 5. The molecule has 100 valence electrons. The van der Waals surface area contributed by atoms with Crippen LogP contribution in [0.1, 0.15) is 17.5 Å². The molecule has 1 N–H and O–H groups in total. The van der Waals surface area contributed by atoms with Gasteiger partial charge >= 0.3 is 5.97 Å². The Balaban J connectivity index is 2.31. The second-order valence-corrected chi connectivity index (χ2v) is 6.93. The predicted octanol–water partition coefficient (Wildman–Crippen LogP) is 1.10. The molecule has 1 saturated heterocycles. The Hall–Kier alpha value is -0.990. The van der Waals surface area contributed by atoms with Crippen LogP contribution in [0.25, 0.3) is 0 Å². The lowest BCUT2D eigenvalue weighted by molar-refractivity contribution is 0.0656. The summed E-state index contributed by atoms with van der Waals surface area (Å²) in [6.07, 6.45) is 0. The molecule has 0 amide bonds. The molecule has 2 heterocycles. The molecule has 0 spiro atoms. The van der Waals surface area contributed by atoms with Crippen LogP contribution in [0.4, 0.5) is 0 Å². The summed E-state index contributed by atoms with van der Waals surface area (Å²) in [7, 11) is -3.73. The van der Waals surface area contributed by atoms with Gasteiger partial charge < -0.3 is 9.52 Å². The Morgan fingerprint density at radius 1 is 1.56 bits per heavy atom. The largest absolute Gasteiger partial charge is 0.475 e. The second kappa shape index (κ2) is 4.94. The van der Waals surface area contributed by atoms with Gasteiger partial charge in [-0.05, 0) is 19.1 Å².